The van der Waals surface area contributed by atoms with Gasteiger partial charge in [0, 0.05) is 0 Å². The average Bonchev–Trinajstić information content (AvgIpc) is 2.93. The van der Waals surface area contributed by atoms with E-state index in [1.165, 1.54) is 36.4 Å². The highest BCUT2D eigenvalue weighted by atomic mass is 31.2. The van der Waals surface area contributed by atoms with E-state index in [0.717, 1.165) is 81.3 Å². The van der Waals surface area contributed by atoms with E-state index in [-0.39, 0.29) is 0 Å². The molecule has 0 atom stereocenters. The zero-order valence-electron chi connectivity index (χ0n) is 22.9. The largest absolute Gasteiger partial charge is 0.416 e. The minimum absolute atomic E-state index is 0.377. The fourth-order valence-corrected chi connectivity index (χ4v) is 9.44. The molecule has 230 valence electrons. The summed E-state index contributed by atoms with van der Waals surface area (Å²) in [6, 6.07) is 13.4. The minimum Gasteiger partial charge on any atom is -0.330 e. The smallest absolute Gasteiger partial charge is 0.330 e. The first-order valence-electron chi connectivity index (χ1n) is 13.8. The second-order valence-corrected chi connectivity index (χ2v) is 13.9. The van der Waals surface area contributed by atoms with Crippen molar-refractivity contribution in [2.45, 2.75) is 69.9 Å². The predicted octanol–water partition coefficient (Wildman–Crippen LogP) is 9.12. The molecular formula is C31H34F9NP+. The lowest BCUT2D eigenvalue weighted by atomic mass is 10.1. The van der Waals surface area contributed by atoms with E-state index in [2.05, 4.69) is 0 Å². The van der Waals surface area contributed by atoms with Gasteiger partial charge in [-0.25, -0.2) is 0 Å². The minimum atomic E-state index is -4.60. The highest BCUT2D eigenvalue weighted by Gasteiger charge is 2.46. The van der Waals surface area contributed by atoms with Gasteiger partial charge in [-0.05, 0) is 98.6 Å². The van der Waals surface area contributed by atoms with Crippen LogP contribution in [0.5, 0.6) is 0 Å². The van der Waals surface area contributed by atoms with Gasteiger partial charge in [0.25, 0.3) is 0 Å². The Morgan fingerprint density at radius 1 is 0.405 bits per heavy atom. The molecule has 0 heterocycles. The fourth-order valence-electron chi connectivity index (χ4n) is 5.10. The SMILES string of the molecule is NCCCCCCCCCC[P+](c1ccc(C(F)(F)F)cc1)(c1ccc(C(F)(F)F)cc1)c1ccc(C(F)(F)F)cc1. The molecule has 3 aromatic rings. The summed E-state index contributed by atoms with van der Waals surface area (Å²) in [4.78, 5) is 0. The number of hydrogen-bond donors (Lipinski definition) is 1. The molecule has 42 heavy (non-hydrogen) atoms. The Bertz CT molecular complexity index is 1090. The van der Waals surface area contributed by atoms with E-state index < -0.39 is 42.5 Å². The number of hydrogen-bond acceptors (Lipinski definition) is 1. The summed E-state index contributed by atoms with van der Waals surface area (Å²) in [5.74, 6) is 0. The Labute approximate surface area is 240 Å². The monoisotopic (exact) mass is 622 g/mol. The molecular weight excluding hydrogens is 588 g/mol. The van der Waals surface area contributed by atoms with E-state index in [9.17, 15) is 39.5 Å². The van der Waals surface area contributed by atoms with Crippen LogP contribution in [0, 0.1) is 0 Å². The normalized spacial score (nSPS) is 13.0. The Balaban J connectivity index is 2.06. The summed E-state index contributed by atoms with van der Waals surface area (Å²) >= 11 is 0. The van der Waals surface area contributed by atoms with E-state index in [0.29, 0.717) is 35.0 Å². The molecule has 1 nitrogen and oxygen atoms in total. The van der Waals surface area contributed by atoms with Crippen LogP contribution in [0.1, 0.15) is 68.1 Å². The van der Waals surface area contributed by atoms with Gasteiger partial charge in [0.2, 0.25) is 0 Å². The summed E-state index contributed by atoms with van der Waals surface area (Å²) in [5, 5.41) is 1.37. The predicted molar refractivity (Wildman–Crippen MR) is 151 cm³/mol. The quantitative estimate of drug-likeness (QED) is 0.115. The highest BCUT2D eigenvalue weighted by Crippen LogP contribution is 2.56. The van der Waals surface area contributed by atoms with Crippen LogP contribution in [0.25, 0.3) is 0 Å². The van der Waals surface area contributed by atoms with Crippen LogP contribution in [0.15, 0.2) is 72.8 Å². The van der Waals surface area contributed by atoms with Gasteiger partial charge in [0.15, 0.2) is 0 Å². The van der Waals surface area contributed by atoms with E-state index in [4.69, 9.17) is 5.73 Å². The van der Waals surface area contributed by atoms with Crippen LogP contribution >= 0.6 is 7.26 Å². The maximum atomic E-state index is 13.4. The van der Waals surface area contributed by atoms with Gasteiger partial charge in [0.1, 0.15) is 23.2 Å². The lowest BCUT2D eigenvalue weighted by Crippen LogP contribution is -2.34. The van der Waals surface area contributed by atoms with Crippen LogP contribution < -0.4 is 21.6 Å². The average molecular weight is 623 g/mol. The zero-order chi connectivity index (χ0) is 31.0. The van der Waals surface area contributed by atoms with E-state index in [1.807, 2.05) is 0 Å². The molecule has 0 amide bonds. The summed E-state index contributed by atoms with van der Waals surface area (Å²) in [6.45, 7) is 0.642. The molecule has 0 bridgehead atoms. The van der Waals surface area contributed by atoms with Crippen LogP contribution in [0.4, 0.5) is 39.5 Å². The molecule has 0 aliphatic rings. The Kier molecular flexibility index (Phi) is 11.5. The molecule has 0 spiro atoms. The van der Waals surface area contributed by atoms with Crippen molar-refractivity contribution in [2.75, 3.05) is 12.7 Å². The van der Waals surface area contributed by atoms with E-state index in [1.54, 1.807) is 0 Å². The van der Waals surface area contributed by atoms with Gasteiger partial charge in [0.05, 0.1) is 22.9 Å². The van der Waals surface area contributed by atoms with Crippen molar-refractivity contribution >= 4 is 23.2 Å². The standard InChI is InChI=1S/C31H34F9NP/c32-29(33,34)23-9-15-26(16-10-23)42(22-8-6-4-2-1-3-5-7-21-41,27-17-11-24(12-18-27)30(35,36)37)28-19-13-25(14-20-28)31(38,39)40/h9-20H,1-8,21-22,41H2/q+1. The van der Waals surface area contributed by atoms with Crippen LogP contribution in [0.2, 0.25) is 0 Å². The topological polar surface area (TPSA) is 26.0 Å². The lowest BCUT2D eigenvalue weighted by molar-refractivity contribution is -0.138. The molecule has 0 unspecified atom stereocenters. The number of rotatable bonds is 13. The second kappa shape index (κ2) is 14.3. The van der Waals surface area contributed by atoms with E-state index >= 15 is 0 Å². The lowest BCUT2D eigenvalue weighted by Gasteiger charge is -2.28. The molecule has 11 heteroatoms. The van der Waals surface area contributed by atoms with Crippen molar-refractivity contribution in [2.24, 2.45) is 5.73 Å². The van der Waals surface area contributed by atoms with Crippen molar-refractivity contribution in [1.29, 1.82) is 0 Å². The van der Waals surface area contributed by atoms with Gasteiger partial charge in [-0.1, -0.05) is 32.1 Å². The molecule has 3 rings (SSSR count). The number of halogens is 9. The van der Waals surface area contributed by atoms with Gasteiger partial charge < -0.3 is 5.73 Å². The van der Waals surface area contributed by atoms with Crippen LogP contribution in [-0.2, 0) is 18.5 Å². The Hall–Kier alpha value is -2.58. The summed E-state index contributed by atoms with van der Waals surface area (Å²) in [6.07, 6.45) is -6.14. The molecule has 2 N–H and O–H groups in total. The van der Waals surface area contributed by atoms with Crippen molar-refractivity contribution in [3.05, 3.63) is 89.5 Å². The fraction of sp³-hybridized carbons (Fsp3) is 0.419. The molecule has 0 fully saturated rings. The third kappa shape index (κ3) is 8.73. The first-order chi connectivity index (χ1) is 19.7. The first-order valence-corrected chi connectivity index (χ1v) is 15.8. The number of alkyl halides is 9. The number of unbranched alkanes of at least 4 members (excludes halogenated alkanes) is 7. The molecule has 0 aliphatic carbocycles. The summed E-state index contributed by atoms with van der Waals surface area (Å²) < 4.78 is 120. The summed E-state index contributed by atoms with van der Waals surface area (Å²) in [7, 11) is -2.96. The highest BCUT2D eigenvalue weighted by molar-refractivity contribution is 7.95. The molecule has 0 saturated carbocycles. The summed E-state index contributed by atoms with van der Waals surface area (Å²) in [5.41, 5.74) is 2.85. The van der Waals surface area contributed by atoms with Gasteiger partial charge in [-0.3, -0.25) is 0 Å². The molecule has 0 radical (unpaired) electrons. The third-order valence-electron chi connectivity index (χ3n) is 7.35. The Morgan fingerprint density at radius 2 is 0.667 bits per heavy atom. The molecule has 0 aromatic heterocycles. The van der Waals surface area contributed by atoms with Gasteiger partial charge >= 0.3 is 18.5 Å². The van der Waals surface area contributed by atoms with Gasteiger partial charge in [-0.15, -0.1) is 0 Å². The number of benzene rings is 3. The molecule has 0 aliphatic heterocycles. The van der Waals surface area contributed by atoms with Gasteiger partial charge in [-0.2, -0.15) is 39.5 Å². The third-order valence-corrected chi connectivity index (χ3v) is 11.9. The molecule has 3 aromatic carbocycles. The van der Waals surface area contributed by atoms with Crippen LogP contribution in [-0.4, -0.2) is 12.7 Å². The first kappa shape index (κ1) is 33.9. The van der Waals surface area contributed by atoms with Crippen molar-refractivity contribution < 1.29 is 39.5 Å². The number of nitrogens with two attached hydrogens (primary N) is 1. The Morgan fingerprint density at radius 3 is 0.929 bits per heavy atom. The maximum Gasteiger partial charge on any atom is 0.416 e. The second-order valence-electron chi connectivity index (χ2n) is 10.3. The van der Waals surface area contributed by atoms with Crippen molar-refractivity contribution in [3.63, 3.8) is 0 Å². The molecule has 0 saturated heterocycles. The van der Waals surface area contributed by atoms with Crippen molar-refractivity contribution in [3.8, 4) is 0 Å². The van der Waals surface area contributed by atoms with Crippen LogP contribution in [0.3, 0.4) is 0 Å². The maximum absolute atomic E-state index is 13.4. The zero-order valence-corrected chi connectivity index (χ0v) is 23.8. The van der Waals surface area contributed by atoms with Crippen molar-refractivity contribution in [1.82, 2.24) is 0 Å².